The van der Waals surface area contributed by atoms with E-state index in [2.05, 4.69) is 52.5 Å². The highest BCUT2D eigenvalue weighted by atomic mass is 35.5. The Balaban J connectivity index is 0.00000240. The molecule has 0 radical (unpaired) electrons. The first kappa shape index (κ1) is 21.1. The molecule has 0 saturated heterocycles. The zero-order valence-corrected chi connectivity index (χ0v) is 17.7. The highest BCUT2D eigenvalue weighted by Gasteiger charge is 2.24. The van der Waals surface area contributed by atoms with Gasteiger partial charge in [0.2, 0.25) is 0 Å². The van der Waals surface area contributed by atoms with E-state index in [-0.39, 0.29) is 18.4 Å². The van der Waals surface area contributed by atoms with Gasteiger partial charge in [0.15, 0.2) is 11.5 Å². The molecule has 0 bridgehead atoms. The highest BCUT2D eigenvalue weighted by molar-refractivity contribution is 5.56. The third kappa shape index (κ3) is 4.07. The van der Waals surface area contributed by atoms with Crippen LogP contribution in [0.5, 0.6) is 17.2 Å². The number of fused-ring (bicyclic) bond motifs is 3. The summed E-state index contributed by atoms with van der Waals surface area (Å²) in [6.07, 6.45) is 2.10. The minimum Gasteiger partial charge on any atom is -1.00 e. The maximum absolute atomic E-state index is 5.85. The van der Waals surface area contributed by atoms with E-state index in [0.29, 0.717) is 13.2 Å². The van der Waals surface area contributed by atoms with Crippen molar-refractivity contribution in [1.29, 1.82) is 0 Å². The van der Waals surface area contributed by atoms with Gasteiger partial charge in [0.25, 0.3) is 0 Å². The molecular weight excluding hydrogens is 388 g/mol. The largest absolute Gasteiger partial charge is 1.00 e. The van der Waals surface area contributed by atoms with Gasteiger partial charge in [-0.05, 0) is 55.3 Å². The van der Waals surface area contributed by atoms with Crippen molar-refractivity contribution in [2.75, 3.05) is 20.3 Å². The maximum atomic E-state index is 5.85. The quantitative estimate of drug-likeness (QED) is 0.665. The monoisotopic (exact) mass is 413 g/mol. The van der Waals surface area contributed by atoms with Gasteiger partial charge < -0.3 is 36.5 Å². The van der Waals surface area contributed by atoms with Crippen LogP contribution in [0.25, 0.3) is 5.69 Å². The summed E-state index contributed by atoms with van der Waals surface area (Å²) in [5, 5.41) is 3.70. The number of halogens is 1. The van der Waals surface area contributed by atoms with Crippen LogP contribution < -0.4 is 31.9 Å². The fraction of sp³-hybridized carbons (Fsp3) is 0.304. The van der Waals surface area contributed by atoms with Crippen LogP contribution in [0.15, 0.2) is 54.7 Å². The van der Waals surface area contributed by atoms with Crippen LogP contribution >= 0.6 is 0 Å². The summed E-state index contributed by atoms with van der Waals surface area (Å²) in [7, 11) is 1.69. The molecule has 3 aromatic rings. The third-order valence-electron chi connectivity index (χ3n) is 5.03. The molecule has 6 heteroatoms. The van der Waals surface area contributed by atoms with Gasteiger partial charge in [-0.2, -0.15) is 0 Å². The van der Waals surface area contributed by atoms with Gasteiger partial charge in [0, 0.05) is 24.5 Å². The van der Waals surface area contributed by atoms with Gasteiger partial charge in [-0.1, -0.05) is 12.1 Å². The summed E-state index contributed by atoms with van der Waals surface area (Å²) in [6.45, 7) is 5.92. The van der Waals surface area contributed by atoms with Gasteiger partial charge in [0.05, 0.1) is 32.1 Å². The molecule has 0 spiro atoms. The summed E-state index contributed by atoms with van der Waals surface area (Å²) in [4.78, 5) is 0. The topological polar surface area (TPSA) is 44.7 Å². The van der Waals surface area contributed by atoms with Crippen molar-refractivity contribution in [3.63, 3.8) is 0 Å². The van der Waals surface area contributed by atoms with E-state index in [1.54, 1.807) is 7.11 Å². The Morgan fingerprint density at radius 2 is 1.69 bits per heavy atom. The van der Waals surface area contributed by atoms with E-state index in [0.717, 1.165) is 29.5 Å². The molecular formula is C23H26ClN2O3-. The number of nitrogens with zero attached hydrogens (tertiary/aromatic N) is 1. The van der Waals surface area contributed by atoms with E-state index in [4.69, 9.17) is 14.2 Å². The summed E-state index contributed by atoms with van der Waals surface area (Å²) in [6, 6.07) is 16.7. The summed E-state index contributed by atoms with van der Waals surface area (Å²) < 4.78 is 19.2. The highest BCUT2D eigenvalue weighted by Crippen LogP contribution is 2.37. The molecule has 5 nitrogen and oxygen atoms in total. The van der Waals surface area contributed by atoms with E-state index >= 15 is 0 Å². The predicted molar refractivity (Wildman–Crippen MR) is 110 cm³/mol. The van der Waals surface area contributed by atoms with E-state index in [1.165, 1.54) is 16.8 Å². The van der Waals surface area contributed by atoms with Gasteiger partial charge in [-0.3, -0.25) is 0 Å². The van der Waals surface area contributed by atoms with Gasteiger partial charge in [-0.15, -0.1) is 0 Å². The van der Waals surface area contributed by atoms with E-state index in [1.807, 2.05) is 26.0 Å². The maximum Gasteiger partial charge on any atom is 0.163 e. The third-order valence-corrected chi connectivity index (χ3v) is 5.03. The molecule has 0 amide bonds. The van der Waals surface area contributed by atoms with Crippen molar-refractivity contribution in [3.8, 4) is 22.9 Å². The second kappa shape index (κ2) is 9.25. The molecule has 154 valence electrons. The predicted octanol–water partition coefficient (Wildman–Crippen LogP) is 1.48. The Hall–Kier alpha value is -2.63. The minimum absolute atomic E-state index is 0. The van der Waals surface area contributed by atoms with Crippen LogP contribution in [-0.4, -0.2) is 24.9 Å². The summed E-state index contributed by atoms with van der Waals surface area (Å²) >= 11 is 0. The van der Waals surface area contributed by atoms with Crippen molar-refractivity contribution in [2.24, 2.45) is 0 Å². The first-order valence-corrected chi connectivity index (χ1v) is 9.72. The SMILES string of the molecule is CCOc1cc2c(cc1OCC)-n1cccc1C(c1ccc(OC)cc1)NC2.[Cl-]. The van der Waals surface area contributed by atoms with Gasteiger partial charge in [-0.25, -0.2) is 0 Å². The first-order valence-electron chi connectivity index (χ1n) is 9.72. The molecule has 0 saturated carbocycles. The second-order valence-electron chi connectivity index (χ2n) is 6.68. The number of hydrogen-bond acceptors (Lipinski definition) is 4. The lowest BCUT2D eigenvalue weighted by molar-refractivity contribution is -0.00000695. The van der Waals surface area contributed by atoms with E-state index in [9.17, 15) is 0 Å². The Labute approximate surface area is 178 Å². The standard InChI is InChI=1S/C23H26N2O3.ClH/c1-4-27-21-13-17-15-24-23(16-8-10-18(26-3)11-9-16)19-7-6-12-25(19)20(17)14-22(21)28-5-2;/h6-14,23-24H,4-5,15H2,1-3H3;1H/p-1. The average Bonchev–Trinajstić information content (AvgIpc) is 3.14. The van der Waals surface area contributed by atoms with Crippen LogP contribution in [0.2, 0.25) is 0 Å². The van der Waals surface area contributed by atoms with Crippen molar-refractivity contribution in [2.45, 2.75) is 26.4 Å². The number of benzene rings is 2. The van der Waals surface area contributed by atoms with Crippen LogP contribution in [-0.2, 0) is 6.54 Å². The lowest BCUT2D eigenvalue weighted by atomic mass is 10.0. The number of aromatic nitrogens is 1. The number of nitrogens with one attached hydrogen (secondary N) is 1. The van der Waals surface area contributed by atoms with Crippen LogP contribution in [0.3, 0.4) is 0 Å². The molecule has 4 rings (SSSR count). The first-order chi connectivity index (χ1) is 13.7. The molecule has 1 aliphatic heterocycles. The lowest BCUT2D eigenvalue weighted by Gasteiger charge is -2.18. The number of hydrogen-bond donors (Lipinski definition) is 1. The lowest BCUT2D eigenvalue weighted by Crippen LogP contribution is -3.00. The van der Waals surface area contributed by atoms with Gasteiger partial charge in [0.1, 0.15) is 5.75 Å². The number of rotatable bonds is 6. The molecule has 2 heterocycles. The smallest absolute Gasteiger partial charge is 0.163 e. The fourth-order valence-electron chi connectivity index (χ4n) is 3.74. The zero-order valence-electron chi connectivity index (χ0n) is 16.9. The zero-order chi connectivity index (χ0) is 19.5. The second-order valence-corrected chi connectivity index (χ2v) is 6.68. The summed E-state index contributed by atoms with van der Waals surface area (Å²) in [5.41, 5.74) is 4.69. The molecule has 1 aromatic heterocycles. The van der Waals surface area contributed by atoms with Crippen LogP contribution in [0.1, 0.15) is 36.7 Å². The Morgan fingerprint density at radius 3 is 2.34 bits per heavy atom. The summed E-state index contributed by atoms with van der Waals surface area (Å²) in [5.74, 6) is 2.44. The number of ether oxygens (including phenoxy) is 3. The molecule has 29 heavy (non-hydrogen) atoms. The van der Waals surface area contributed by atoms with Crippen LogP contribution in [0, 0.1) is 0 Å². The Morgan fingerprint density at radius 1 is 1.00 bits per heavy atom. The molecule has 2 aromatic carbocycles. The minimum atomic E-state index is 0. The van der Waals surface area contributed by atoms with E-state index < -0.39 is 0 Å². The van der Waals surface area contributed by atoms with Crippen molar-refractivity contribution >= 4 is 0 Å². The molecule has 1 aliphatic rings. The van der Waals surface area contributed by atoms with Crippen LogP contribution in [0.4, 0.5) is 0 Å². The normalized spacial score (nSPS) is 14.8. The number of methoxy groups -OCH3 is 1. The average molecular weight is 414 g/mol. The molecule has 0 aliphatic carbocycles. The van der Waals surface area contributed by atoms with Crippen molar-refractivity contribution in [3.05, 3.63) is 71.5 Å². The van der Waals surface area contributed by atoms with Crippen molar-refractivity contribution in [1.82, 2.24) is 9.88 Å². The van der Waals surface area contributed by atoms with Crippen molar-refractivity contribution < 1.29 is 26.6 Å². The molecule has 1 N–H and O–H groups in total. The molecule has 1 unspecified atom stereocenters. The Bertz CT molecular complexity index is 953. The molecule has 0 fully saturated rings. The Kier molecular flexibility index (Phi) is 6.72. The fourth-order valence-corrected chi connectivity index (χ4v) is 3.74. The van der Waals surface area contributed by atoms with Gasteiger partial charge >= 0.3 is 0 Å². The molecule has 1 atom stereocenters.